The summed E-state index contributed by atoms with van der Waals surface area (Å²) in [5.74, 6) is 0.659. The molecule has 0 aliphatic carbocycles. The van der Waals surface area contributed by atoms with Crippen molar-refractivity contribution < 1.29 is 4.79 Å². The van der Waals surface area contributed by atoms with Gasteiger partial charge in [-0.1, -0.05) is 0 Å². The summed E-state index contributed by atoms with van der Waals surface area (Å²) in [4.78, 5) is 31.5. The molecule has 3 rings (SSSR count). The van der Waals surface area contributed by atoms with E-state index >= 15 is 0 Å². The fourth-order valence-electron chi connectivity index (χ4n) is 2.45. The first kappa shape index (κ1) is 13.6. The zero-order valence-electron chi connectivity index (χ0n) is 11.9. The molecule has 0 saturated carbocycles. The summed E-state index contributed by atoms with van der Waals surface area (Å²) in [6.07, 6.45) is 1.43. The average molecular weight is 291 g/mol. The van der Waals surface area contributed by atoms with Gasteiger partial charge in [0, 0.05) is 39.8 Å². The lowest BCUT2D eigenvalue weighted by Gasteiger charge is -2.37. The minimum atomic E-state index is -0.328. The van der Waals surface area contributed by atoms with E-state index in [0.29, 0.717) is 24.6 Å². The third-order valence-electron chi connectivity index (χ3n) is 3.56. The predicted molar refractivity (Wildman–Crippen MR) is 76.3 cm³/mol. The van der Waals surface area contributed by atoms with Crippen LogP contribution < -0.4 is 15.9 Å². The van der Waals surface area contributed by atoms with Gasteiger partial charge in [0.25, 0.3) is 0 Å². The minimum absolute atomic E-state index is 0.0169. The molecule has 1 aliphatic rings. The number of aromatic amines is 1. The highest BCUT2D eigenvalue weighted by Gasteiger charge is 2.30. The lowest BCUT2D eigenvalue weighted by molar-refractivity contribution is -0.130. The lowest BCUT2D eigenvalue weighted by Crippen LogP contribution is -2.58. The zero-order chi connectivity index (χ0) is 15.0. The number of nitrogens with zero attached hydrogens (tertiary/aromatic N) is 5. The first-order valence-electron chi connectivity index (χ1n) is 6.69. The highest BCUT2D eigenvalue weighted by Crippen LogP contribution is 2.17. The Morgan fingerprint density at radius 2 is 2.29 bits per heavy atom. The van der Waals surface area contributed by atoms with E-state index in [4.69, 9.17) is 0 Å². The van der Waals surface area contributed by atoms with Gasteiger partial charge in [-0.05, 0) is 0 Å². The zero-order valence-corrected chi connectivity index (χ0v) is 11.9. The Morgan fingerprint density at radius 3 is 3.05 bits per heavy atom. The first-order chi connectivity index (χ1) is 10.1. The van der Waals surface area contributed by atoms with Gasteiger partial charge in [-0.2, -0.15) is 5.10 Å². The van der Waals surface area contributed by atoms with Crippen molar-refractivity contribution >= 4 is 17.4 Å². The van der Waals surface area contributed by atoms with Gasteiger partial charge in [0.1, 0.15) is 18.2 Å². The normalized spacial score (nSPS) is 19.0. The number of hydrogen-bond donors (Lipinski definition) is 2. The van der Waals surface area contributed by atoms with Crippen LogP contribution in [0.25, 0.3) is 5.65 Å². The molecule has 1 aliphatic heterocycles. The second-order valence-corrected chi connectivity index (χ2v) is 5.15. The average Bonchev–Trinajstić information content (AvgIpc) is 2.87. The Morgan fingerprint density at radius 1 is 1.48 bits per heavy atom. The molecular weight excluding hydrogens is 274 g/mol. The van der Waals surface area contributed by atoms with Gasteiger partial charge < -0.3 is 15.1 Å². The van der Waals surface area contributed by atoms with Gasteiger partial charge in [0.2, 0.25) is 5.91 Å². The van der Waals surface area contributed by atoms with Crippen molar-refractivity contribution in [2.24, 2.45) is 0 Å². The van der Waals surface area contributed by atoms with Crippen molar-refractivity contribution in [3.05, 3.63) is 22.9 Å². The second-order valence-electron chi connectivity index (χ2n) is 5.15. The van der Waals surface area contributed by atoms with E-state index in [0.717, 1.165) is 6.54 Å². The molecule has 2 N–H and O–H groups in total. The molecule has 21 heavy (non-hydrogen) atoms. The number of hydrogen-bond acceptors (Lipinski definition) is 6. The van der Waals surface area contributed by atoms with Crippen molar-refractivity contribution in [2.45, 2.75) is 6.04 Å². The molecule has 1 amide bonds. The predicted octanol–water partition coefficient (Wildman–Crippen LogP) is -1.72. The Bertz CT molecular complexity index is 720. The molecule has 1 saturated heterocycles. The number of aromatic nitrogens is 4. The van der Waals surface area contributed by atoms with E-state index < -0.39 is 0 Å². The van der Waals surface area contributed by atoms with Gasteiger partial charge in [0.05, 0.1) is 0 Å². The van der Waals surface area contributed by atoms with Crippen LogP contribution in [0.4, 0.5) is 5.82 Å². The number of anilines is 1. The maximum absolute atomic E-state index is 12.3. The van der Waals surface area contributed by atoms with E-state index in [1.807, 2.05) is 4.90 Å². The van der Waals surface area contributed by atoms with E-state index in [2.05, 4.69) is 20.5 Å². The van der Waals surface area contributed by atoms with Crippen molar-refractivity contribution in [1.82, 2.24) is 29.8 Å². The molecule has 2 aromatic rings. The Kier molecular flexibility index (Phi) is 3.34. The molecule has 1 fully saturated rings. The summed E-state index contributed by atoms with van der Waals surface area (Å²) in [5.41, 5.74) is 0.157. The van der Waals surface area contributed by atoms with Crippen molar-refractivity contribution in [2.75, 3.05) is 38.6 Å². The molecule has 9 nitrogen and oxygen atoms in total. The van der Waals surface area contributed by atoms with Crippen LogP contribution in [0.2, 0.25) is 0 Å². The van der Waals surface area contributed by atoms with Gasteiger partial charge in [0.15, 0.2) is 5.65 Å². The molecule has 1 atom stereocenters. The van der Waals surface area contributed by atoms with Crippen LogP contribution in [0.5, 0.6) is 0 Å². The summed E-state index contributed by atoms with van der Waals surface area (Å²) in [6.45, 7) is 2.01. The number of fused-ring (bicyclic) bond motifs is 1. The number of carbonyl (C=O) groups excluding carboxylic acids is 1. The lowest BCUT2D eigenvalue weighted by atomic mass is 10.1. The van der Waals surface area contributed by atoms with Crippen LogP contribution in [0, 0.1) is 0 Å². The van der Waals surface area contributed by atoms with Crippen LogP contribution in [0.1, 0.15) is 0 Å². The monoisotopic (exact) mass is 291 g/mol. The molecule has 0 bridgehead atoms. The minimum Gasteiger partial charge on any atom is -0.347 e. The molecule has 0 spiro atoms. The first-order valence-corrected chi connectivity index (χ1v) is 6.69. The van der Waals surface area contributed by atoms with Crippen LogP contribution in [0.15, 0.2) is 17.2 Å². The van der Waals surface area contributed by atoms with Crippen LogP contribution in [0.3, 0.4) is 0 Å². The Labute approximate surface area is 120 Å². The highest BCUT2D eigenvalue weighted by atomic mass is 16.2. The molecule has 112 valence electrons. The molecule has 0 radical (unpaired) electrons. The quantitative estimate of drug-likeness (QED) is 0.683. The third-order valence-corrected chi connectivity index (χ3v) is 3.56. The third kappa shape index (κ3) is 2.35. The Balaban J connectivity index is 1.97. The molecule has 3 heterocycles. The van der Waals surface area contributed by atoms with Gasteiger partial charge >= 0.3 is 5.69 Å². The number of nitrogens with one attached hydrogen (secondary N) is 2. The maximum Gasteiger partial charge on any atom is 0.348 e. The summed E-state index contributed by atoms with van der Waals surface area (Å²) < 4.78 is 1.33. The van der Waals surface area contributed by atoms with E-state index in [9.17, 15) is 9.59 Å². The number of amides is 1. The van der Waals surface area contributed by atoms with E-state index in [-0.39, 0.29) is 17.6 Å². The largest absolute Gasteiger partial charge is 0.348 e. The fraction of sp³-hybridized carbons (Fsp3) is 0.500. The number of likely N-dealkylation sites (N-methyl/N-ethyl adjacent to an activating group) is 1. The van der Waals surface area contributed by atoms with Crippen LogP contribution in [-0.4, -0.2) is 70.2 Å². The van der Waals surface area contributed by atoms with Gasteiger partial charge in [-0.15, -0.1) is 0 Å². The molecular formula is C12H17N7O2. The molecule has 9 heteroatoms. The molecule has 0 aromatic carbocycles. The summed E-state index contributed by atoms with van der Waals surface area (Å²) in [6, 6.07) is 1.40. The summed E-state index contributed by atoms with van der Waals surface area (Å²) >= 11 is 0. The standard InChI is InChI=1S/C12H17N7O2/c1-17(2)11(20)8-6-13-3-4-18(8)9-5-10-15-16-12(21)19(10)7-14-9/h5,7-8,13H,3-4,6H2,1-2H3,(H,16,21). The topological polar surface area (TPSA) is 98.6 Å². The van der Waals surface area contributed by atoms with Crippen molar-refractivity contribution in [1.29, 1.82) is 0 Å². The summed E-state index contributed by atoms with van der Waals surface area (Å²) in [5, 5.41) is 9.51. The van der Waals surface area contributed by atoms with Crippen LogP contribution in [-0.2, 0) is 4.79 Å². The number of carbonyl (C=O) groups is 1. The fourth-order valence-corrected chi connectivity index (χ4v) is 2.45. The second kappa shape index (κ2) is 5.17. The van der Waals surface area contributed by atoms with E-state index in [1.54, 1.807) is 25.1 Å². The summed E-state index contributed by atoms with van der Waals surface area (Å²) in [7, 11) is 3.47. The number of rotatable bonds is 2. The van der Waals surface area contributed by atoms with E-state index in [1.165, 1.54) is 10.7 Å². The Hall–Kier alpha value is -2.42. The number of piperazine rings is 1. The van der Waals surface area contributed by atoms with Crippen molar-refractivity contribution in [3.8, 4) is 0 Å². The van der Waals surface area contributed by atoms with Gasteiger partial charge in [-0.25, -0.2) is 19.3 Å². The molecule has 1 unspecified atom stereocenters. The van der Waals surface area contributed by atoms with Crippen LogP contribution >= 0.6 is 0 Å². The smallest absolute Gasteiger partial charge is 0.347 e. The SMILES string of the molecule is CN(C)C(=O)C1CNCCN1c1cc2n[nH]c(=O)n2cn1. The van der Waals surface area contributed by atoms with Gasteiger partial charge in [-0.3, -0.25) is 4.79 Å². The number of H-pyrrole nitrogens is 1. The van der Waals surface area contributed by atoms with Crippen molar-refractivity contribution in [3.63, 3.8) is 0 Å². The highest BCUT2D eigenvalue weighted by molar-refractivity contribution is 5.85. The maximum atomic E-state index is 12.3. The molecule has 2 aromatic heterocycles.